The Hall–Kier alpha value is -2.14. The largest absolute Gasteiger partial charge is 0.343 e. The maximum absolute atomic E-state index is 12.9. The first-order valence-corrected chi connectivity index (χ1v) is 9.20. The average molecular weight is 339 g/mol. The van der Waals surface area contributed by atoms with Crippen LogP contribution >= 0.6 is 0 Å². The van der Waals surface area contributed by atoms with Crippen molar-refractivity contribution in [3.05, 3.63) is 35.4 Å². The molecule has 4 rings (SSSR count). The minimum atomic E-state index is -0.117. The van der Waals surface area contributed by atoms with Crippen LogP contribution in [0.4, 0.5) is 5.69 Å². The maximum Gasteiger partial charge on any atom is 0.232 e. The van der Waals surface area contributed by atoms with Crippen LogP contribution in [0.15, 0.2) is 24.3 Å². The molecule has 3 atom stereocenters. The van der Waals surface area contributed by atoms with Crippen molar-refractivity contribution in [1.82, 2.24) is 9.80 Å². The van der Waals surface area contributed by atoms with E-state index in [0.717, 1.165) is 36.3 Å². The molecular weight excluding hydrogens is 314 g/mol. The van der Waals surface area contributed by atoms with Crippen molar-refractivity contribution < 1.29 is 9.59 Å². The Morgan fingerprint density at radius 2 is 2.08 bits per heavy atom. The first-order valence-electron chi connectivity index (χ1n) is 9.20. The van der Waals surface area contributed by atoms with E-state index in [-0.39, 0.29) is 29.7 Å². The normalized spacial score (nSPS) is 27.2. The molecule has 2 heterocycles. The van der Waals surface area contributed by atoms with Crippen molar-refractivity contribution in [2.75, 3.05) is 32.0 Å². The Bertz CT molecular complexity index is 766. The summed E-state index contributed by atoms with van der Waals surface area (Å²) < 4.78 is 0. The molecule has 0 saturated carbocycles. The van der Waals surface area contributed by atoms with E-state index in [1.54, 1.807) is 0 Å². The molecule has 0 radical (unpaired) electrons. The van der Waals surface area contributed by atoms with Crippen LogP contribution in [0.1, 0.15) is 37.3 Å². The van der Waals surface area contributed by atoms with E-state index in [4.69, 9.17) is 0 Å². The number of rotatable bonds is 3. The fraction of sp³-hybridized carbons (Fsp3) is 0.500. The van der Waals surface area contributed by atoms with Crippen LogP contribution < -0.4 is 5.32 Å². The van der Waals surface area contributed by atoms with Crippen molar-refractivity contribution in [3.63, 3.8) is 0 Å². The van der Waals surface area contributed by atoms with Gasteiger partial charge in [0, 0.05) is 31.4 Å². The number of benzene rings is 1. The van der Waals surface area contributed by atoms with Gasteiger partial charge in [0.2, 0.25) is 11.8 Å². The van der Waals surface area contributed by atoms with Gasteiger partial charge in [-0.15, -0.1) is 0 Å². The van der Waals surface area contributed by atoms with Gasteiger partial charge in [-0.25, -0.2) is 0 Å². The first-order chi connectivity index (χ1) is 12.0. The number of carbonyl (C=O) groups excluding carboxylic acids is 2. The van der Waals surface area contributed by atoms with Crippen LogP contribution in [0, 0.1) is 5.92 Å². The third-order valence-corrected chi connectivity index (χ3v) is 5.95. The molecule has 5 nitrogen and oxygen atoms in total. The Kier molecular flexibility index (Phi) is 3.91. The molecule has 1 aromatic carbocycles. The molecule has 0 aromatic heterocycles. The van der Waals surface area contributed by atoms with Gasteiger partial charge in [-0.2, -0.15) is 0 Å². The van der Waals surface area contributed by atoms with Crippen molar-refractivity contribution >= 4 is 23.1 Å². The zero-order valence-electron chi connectivity index (χ0n) is 15.1. The lowest BCUT2D eigenvalue weighted by atomic mass is 9.74. The summed E-state index contributed by atoms with van der Waals surface area (Å²) in [5.74, 6) is 0.127. The minimum Gasteiger partial charge on any atom is -0.343 e. The van der Waals surface area contributed by atoms with Crippen LogP contribution in [0.25, 0.3) is 5.57 Å². The lowest BCUT2D eigenvalue weighted by molar-refractivity contribution is -0.134. The van der Waals surface area contributed by atoms with Gasteiger partial charge in [-0.1, -0.05) is 18.2 Å². The number of likely N-dealkylation sites (N-methyl/N-ethyl adjacent to an activating group) is 1. The molecule has 2 aliphatic heterocycles. The number of nitrogens with one attached hydrogen (secondary N) is 1. The second kappa shape index (κ2) is 5.99. The molecule has 1 N–H and O–H groups in total. The third-order valence-electron chi connectivity index (χ3n) is 5.95. The highest BCUT2D eigenvalue weighted by molar-refractivity contribution is 6.06. The zero-order chi connectivity index (χ0) is 17.7. The Morgan fingerprint density at radius 3 is 2.80 bits per heavy atom. The Morgan fingerprint density at radius 1 is 1.32 bits per heavy atom. The average Bonchev–Trinajstić information content (AvgIpc) is 2.93. The summed E-state index contributed by atoms with van der Waals surface area (Å²) >= 11 is 0. The molecule has 3 aliphatic rings. The minimum absolute atomic E-state index is 0.0640. The van der Waals surface area contributed by atoms with Crippen molar-refractivity contribution in [3.8, 4) is 0 Å². The van der Waals surface area contributed by atoms with E-state index in [1.165, 1.54) is 5.57 Å². The van der Waals surface area contributed by atoms with E-state index in [1.807, 2.05) is 30.9 Å². The van der Waals surface area contributed by atoms with Crippen LogP contribution in [0.3, 0.4) is 0 Å². The molecule has 25 heavy (non-hydrogen) atoms. The van der Waals surface area contributed by atoms with Crippen LogP contribution in [0.2, 0.25) is 0 Å². The Labute approximate surface area is 148 Å². The SMILES string of the molecule is CCN(CC)C(=O)[C@@H]1C=C2c3cccc4c3C(C[C@H]2N(C)C1)C(=O)N4. The maximum atomic E-state index is 12.9. The smallest absolute Gasteiger partial charge is 0.232 e. The monoisotopic (exact) mass is 339 g/mol. The molecule has 0 saturated heterocycles. The molecule has 0 fully saturated rings. The van der Waals surface area contributed by atoms with E-state index in [0.29, 0.717) is 6.54 Å². The van der Waals surface area contributed by atoms with Gasteiger partial charge in [-0.3, -0.25) is 14.5 Å². The van der Waals surface area contributed by atoms with E-state index < -0.39 is 0 Å². The highest BCUT2D eigenvalue weighted by atomic mass is 16.2. The molecule has 1 aliphatic carbocycles. The summed E-state index contributed by atoms with van der Waals surface area (Å²) in [7, 11) is 2.07. The number of hydrogen-bond donors (Lipinski definition) is 1. The topological polar surface area (TPSA) is 52.7 Å². The third kappa shape index (κ3) is 2.41. The number of carbonyl (C=O) groups is 2. The second-order valence-electron chi connectivity index (χ2n) is 7.24. The van der Waals surface area contributed by atoms with Crippen LogP contribution in [-0.4, -0.2) is 54.3 Å². The summed E-state index contributed by atoms with van der Waals surface area (Å²) in [4.78, 5) is 29.4. The lowest BCUT2D eigenvalue weighted by Crippen LogP contribution is -2.48. The summed E-state index contributed by atoms with van der Waals surface area (Å²) in [5, 5.41) is 3.01. The quantitative estimate of drug-likeness (QED) is 0.919. The molecule has 0 bridgehead atoms. The molecule has 2 amide bonds. The summed E-state index contributed by atoms with van der Waals surface area (Å²) in [6, 6.07) is 6.28. The highest BCUT2D eigenvalue weighted by Gasteiger charge is 2.44. The summed E-state index contributed by atoms with van der Waals surface area (Å²) in [5.41, 5.74) is 4.41. The number of anilines is 1. The predicted octanol–water partition coefficient (Wildman–Crippen LogP) is 2.31. The first kappa shape index (κ1) is 16.3. The molecule has 0 spiro atoms. The number of fused-ring (bicyclic) bond motifs is 2. The van der Waals surface area contributed by atoms with E-state index >= 15 is 0 Å². The number of hydrogen-bond acceptors (Lipinski definition) is 3. The van der Waals surface area contributed by atoms with Gasteiger partial charge >= 0.3 is 0 Å². The van der Waals surface area contributed by atoms with E-state index in [9.17, 15) is 9.59 Å². The zero-order valence-corrected chi connectivity index (χ0v) is 15.1. The van der Waals surface area contributed by atoms with Gasteiger partial charge in [-0.05, 0) is 50.1 Å². The fourth-order valence-electron chi connectivity index (χ4n) is 4.65. The molecule has 1 aromatic rings. The molecule has 1 unspecified atom stereocenters. The van der Waals surface area contributed by atoms with Gasteiger partial charge in [0.15, 0.2) is 0 Å². The lowest BCUT2D eigenvalue weighted by Gasteiger charge is -2.42. The second-order valence-corrected chi connectivity index (χ2v) is 7.24. The number of nitrogens with zero attached hydrogens (tertiary/aromatic N) is 2. The summed E-state index contributed by atoms with van der Waals surface area (Å²) in [6.07, 6.45) is 2.96. The number of amides is 2. The van der Waals surface area contributed by atoms with Crippen molar-refractivity contribution in [2.45, 2.75) is 32.2 Å². The van der Waals surface area contributed by atoms with Crippen molar-refractivity contribution in [2.24, 2.45) is 5.92 Å². The molecule has 5 heteroatoms. The van der Waals surface area contributed by atoms with E-state index in [2.05, 4.69) is 29.4 Å². The van der Waals surface area contributed by atoms with Gasteiger partial charge < -0.3 is 10.2 Å². The Balaban J connectivity index is 1.78. The van der Waals surface area contributed by atoms with Gasteiger partial charge in [0.1, 0.15) is 0 Å². The van der Waals surface area contributed by atoms with Crippen LogP contribution in [0.5, 0.6) is 0 Å². The van der Waals surface area contributed by atoms with Gasteiger partial charge in [0.25, 0.3) is 0 Å². The molecular formula is C20H25N3O2. The molecule has 132 valence electrons. The highest BCUT2D eigenvalue weighted by Crippen LogP contribution is 2.48. The van der Waals surface area contributed by atoms with Crippen LogP contribution in [-0.2, 0) is 9.59 Å². The standard InChI is InChI=1S/C20H25N3O2/c1-4-23(5-2)20(25)12-9-14-13-7-6-8-16-18(13)15(19(24)21-16)10-17(14)22(3)11-12/h6-9,12,15,17H,4-5,10-11H2,1-3H3,(H,21,24)/t12-,15?,17-/m1/s1. The summed E-state index contributed by atoms with van der Waals surface area (Å²) in [6.45, 7) is 6.24. The van der Waals surface area contributed by atoms with Crippen molar-refractivity contribution in [1.29, 1.82) is 0 Å². The predicted molar refractivity (Wildman–Crippen MR) is 98.2 cm³/mol. The van der Waals surface area contributed by atoms with Gasteiger partial charge in [0.05, 0.1) is 11.8 Å². The fourth-order valence-corrected chi connectivity index (χ4v) is 4.65.